The Morgan fingerprint density at radius 2 is 2.09 bits per heavy atom. The lowest BCUT2D eigenvalue weighted by atomic mass is 10.1. The van der Waals surface area contributed by atoms with Crippen LogP contribution in [0.1, 0.15) is 17.0 Å². The zero-order valence-corrected chi connectivity index (χ0v) is 15.8. The fraction of sp³-hybridized carbons (Fsp3) is 0.400. The summed E-state index contributed by atoms with van der Waals surface area (Å²) in [6.07, 6.45) is 1.69. The number of aliphatic imine (C=N–C) groups is 1. The Balaban J connectivity index is 0.00000242. The van der Waals surface area contributed by atoms with Gasteiger partial charge in [-0.3, -0.25) is 4.99 Å². The maximum absolute atomic E-state index is 4.32. The molecule has 0 saturated carbocycles. The van der Waals surface area contributed by atoms with Gasteiger partial charge in [-0.25, -0.2) is 0 Å². The van der Waals surface area contributed by atoms with Gasteiger partial charge in [0.1, 0.15) is 6.33 Å². The van der Waals surface area contributed by atoms with E-state index in [9.17, 15) is 0 Å². The highest BCUT2D eigenvalue weighted by Gasteiger charge is 2.09. The fourth-order valence-corrected chi connectivity index (χ4v) is 2.13. The summed E-state index contributed by atoms with van der Waals surface area (Å²) in [5.74, 6) is 1.71. The topological polar surface area (TPSA) is 58.3 Å². The van der Waals surface area contributed by atoms with Crippen molar-refractivity contribution in [1.82, 2.24) is 25.0 Å². The van der Waals surface area contributed by atoms with Crippen molar-refractivity contribution in [2.75, 3.05) is 14.1 Å². The van der Waals surface area contributed by atoms with Gasteiger partial charge in [0.2, 0.25) is 0 Å². The molecule has 0 spiro atoms. The lowest BCUT2D eigenvalue weighted by molar-refractivity contribution is 0.473. The van der Waals surface area contributed by atoms with Gasteiger partial charge < -0.3 is 14.8 Å². The number of guanidine groups is 1. The van der Waals surface area contributed by atoms with Crippen LogP contribution in [0.25, 0.3) is 0 Å². The highest BCUT2D eigenvalue weighted by atomic mass is 127. The fourth-order valence-electron chi connectivity index (χ4n) is 2.13. The quantitative estimate of drug-likeness (QED) is 0.472. The van der Waals surface area contributed by atoms with Gasteiger partial charge in [-0.15, -0.1) is 34.2 Å². The lowest BCUT2D eigenvalue weighted by Gasteiger charge is -2.22. The molecule has 0 aliphatic rings. The first-order chi connectivity index (χ1) is 10.1. The molecule has 1 aromatic heterocycles. The zero-order valence-electron chi connectivity index (χ0n) is 13.4. The first-order valence-electron chi connectivity index (χ1n) is 6.91. The molecule has 0 radical (unpaired) electrons. The van der Waals surface area contributed by atoms with Gasteiger partial charge in [0, 0.05) is 27.7 Å². The molecule has 2 aromatic rings. The van der Waals surface area contributed by atoms with Crippen LogP contribution in [-0.2, 0) is 20.1 Å². The van der Waals surface area contributed by atoms with Crippen LogP contribution in [-0.4, -0.2) is 39.7 Å². The maximum Gasteiger partial charge on any atom is 0.194 e. The smallest absolute Gasteiger partial charge is 0.194 e. The Morgan fingerprint density at radius 3 is 2.68 bits per heavy atom. The molecule has 0 saturated heterocycles. The van der Waals surface area contributed by atoms with Crippen LogP contribution in [0.5, 0.6) is 0 Å². The molecule has 0 bridgehead atoms. The Hall–Kier alpha value is -1.64. The summed E-state index contributed by atoms with van der Waals surface area (Å²) < 4.78 is 1.89. The number of halogens is 1. The molecule has 1 heterocycles. The maximum atomic E-state index is 4.32. The van der Waals surface area contributed by atoms with E-state index in [2.05, 4.69) is 56.6 Å². The van der Waals surface area contributed by atoms with E-state index in [1.54, 1.807) is 13.4 Å². The summed E-state index contributed by atoms with van der Waals surface area (Å²) in [6.45, 7) is 3.53. The predicted molar refractivity (Wildman–Crippen MR) is 99.3 cm³/mol. The Labute approximate surface area is 148 Å². The molecule has 0 fully saturated rings. The number of nitrogens with one attached hydrogen (secondary N) is 1. The number of rotatable bonds is 4. The van der Waals surface area contributed by atoms with Gasteiger partial charge in [-0.1, -0.05) is 24.3 Å². The van der Waals surface area contributed by atoms with Crippen LogP contribution in [0.3, 0.4) is 0 Å². The second-order valence-corrected chi connectivity index (χ2v) is 5.04. The second-order valence-electron chi connectivity index (χ2n) is 5.04. The molecule has 120 valence electrons. The average molecular weight is 414 g/mol. The molecular weight excluding hydrogens is 391 g/mol. The van der Waals surface area contributed by atoms with Crippen molar-refractivity contribution in [2.45, 2.75) is 20.0 Å². The summed E-state index contributed by atoms with van der Waals surface area (Å²) in [4.78, 5) is 6.41. The Kier molecular flexibility index (Phi) is 7.30. The Morgan fingerprint density at radius 1 is 1.36 bits per heavy atom. The minimum atomic E-state index is 0. The summed E-state index contributed by atoms with van der Waals surface area (Å²) in [7, 11) is 5.74. The molecule has 0 aliphatic heterocycles. The lowest BCUT2D eigenvalue weighted by Crippen LogP contribution is -2.38. The van der Waals surface area contributed by atoms with Crippen molar-refractivity contribution >= 4 is 29.9 Å². The largest absolute Gasteiger partial charge is 0.349 e. The van der Waals surface area contributed by atoms with Crippen LogP contribution in [0, 0.1) is 6.92 Å². The van der Waals surface area contributed by atoms with Crippen LogP contribution >= 0.6 is 24.0 Å². The van der Waals surface area contributed by atoms with Gasteiger partial charge in [-0.05, 0) is 18.1 Å². The Bertz CT molecular complexity index is 622. The second kappa shape index (κ2) is 8.72. The molecule has 6 nitrogen and oxygen atoms in total. The molecule has 0 aliphatic carbocycles. The molecule has 0 atom stereocenters. The molecule has 2 rings (SSSR count). The monoisotopic (exact) mass is 414 g/mol. The number of hydrogen-bond donors (Lipinski definition) is 1. The van der Waals surface area contributed by atoms with Crippen molar-refractivity contribution in [3.8, 4) is 0 Å². The van der Waals surface area contributed by atoms with E-state index in [0.29, 0.717) is 6.54 Å². The molecule has 0 unspecified atom stereocenters. The van der Waals surface area contributed by atoms with E-state index in [1.165, 1.54) is 11.1 Å². The standard InChI is InChI=1S/C15H22N6.HI/c1-12-7-5-6-8-13(12)10-20(3)15(16-2)17-9-14-19-18-11-21(14)4;/h5-8,11H,9-10H2,1-4H3,(H,16,17);1H. The third kappa shape index (κ3) is 4.69. The number of aromatic nitrogens is 3. The van der Waals surface area contributed by atoms with Gasteiger partial charge in [0.25, 0.3) is 0 Å². The minimum absolute atomic E-state index is 0. The van der Waals surface area contributed by atoms with E-state index >= 15 is 0 Å². The van der Waals surface area contributed by atoms with Crippen molar-refractivity contribution in [3.05, 3.63) is 47.5 Å². The first kappa shape index (κ1) is 18.4. The SMILES string of the molecule is CN=C(NCc1nncn1C)N(C)Cc1ccccc1C.I. The average Bonchev–Trinajstić information content (AvgIpc) is 2.88. The van der Waals surface area contributed by atoms with E-state index < -0.39 is 0 Å². The highest BCUT2D eigenvalue weighted by molar-refractivity contribution is 14.0. The molecule has 22 heavy (non-hydrogen) atoms. The van der Waals surface area contributed by atoms with Gasteiger partial charge >= 0.3 is 0 Å². The first-order valence-corrected chi connectivity index (χ1v) is 6.91. The number of benzene rings is 1. The van der Waals surface area contributed by atoms with Crippen LogP contribution < -0.4 is 5.32 Å². The highest BCUT2D eigenvalue weighted by Crippen LogP contribution is 2.09. The van der Waals surface area contributed by atoms with Crippen LogP contribution in [0.2, 0.25) is 0 Å². The summed E-state index contributed by atoms with van der Waals surface area (Å²) in [5, 5.41) is 11.2. The summed E-state index contributed by atoms with van der Waals surface area (Å²) in [5.41, 5.74) is 2.58. The normalized spacial score (nSPS) is 11.0. The molecule has 7 heteroatoms. The van der Waals surface area contributed by atoms with Crippen molar-refractivity contribution in [1.29, 1.82) is 0 Å². The van der Waals surface area contributed by atoms with E-state index in [4.69, 9.17) is 0 Å². The molecule has 0 amide bonds. The minimum Gasteiger partial charge on any atom is -0.349 e. The molecule has 1 aromatic carbocycles. The summed E-state index contributed by atoms with van der Waals surface area (Å²) in [6, 6.07) is 8.38. The summed E-state index contributed by atoms with van der Waals surface area (Å²) >= 11 is 0. The van der Waals surface area contributed by atoms with Crippen molar-refractivity contribution in [2.24, 2.45) is 12.0 Å². The van der Waals surface area contributed by atoms with E-state index in [-0.39, 0.29) is 24.0 Å². The molecule has 1 N–H and O–H groups in total. The van der Waals surface area contributed by atoms with E-state index in [0.717, 1.165) is 18.3 Å². The zero-order chi connectivity index (χ0) is 15.2. The number of hydrogen-bond acceptors (Lipinski definition) is 3. The third-order valence-corrected chi connectivity index (χ3v) is 3.45. The third-order valence-electron chi connectivity index (χ3n) is 3.45. The molecular formula is C15H23IN6. The van der Waals surface area contributed by atoms with Crippen molar-refractivity contribution in [3.63, 3.8) is 0 Å². The van der Waals surface area contributed by atoms with Crippen LogP contribution in [0.4, 0.5) is 0 Å². The van der Waals surface area contributed by atoms with E-state index in [1.807, 2.05) is 18.7 Å². The van der Waals surface area contributed by atoms with Gasteiger partial charge in [0.15, 0.2) is 11.8 Å². The number of nitrogens with zero attached hydrogens (tertiary/aromatic N) is 5. The predicted octanol–water partition coefficient (Wildman–Crippen LogP) is 1.95. The van der Waals surface area contributed by atoms with Crippen molar-refractivity contribution < 1.29 is 0 Å². The van der Waals surface area contributed by atoms with Crippen LogP contribution in [0.15, 0.2) is 35.6 Å². The van der Waals surface area contributed by atoms with Gasteiger partial charge in [0.05, 0.1) is 6.54 Å². The van der Waals surface area contributed by atoms with Gasteiger partial charge in [-0.2, -0.15) is 0 Å². The number of aryl methyl sites for hydroxylation is 2.